The van der Waals surface area contributed by atoms with E-state index in [4.69, 9.17) is 4.74 Å². The van der Waals surface area contributed by atoms with Crippen LogP contribution in [-0.2, 0) is 4.74 Å². The molecule has 0 unspecified atom stereocenters. The summed E-state index contributed by atoms with van der Waals surface area (Å²) < 4.78 is 5.90. The summed E-state index contributed by atoms with van der Waals surface area (Å²) in [4.78, 5) is 2.32. The Morgan fingerprint density at radius 2 is 2.03 bits per heavy atom. The molecule has 0 aromatic carbocycles. The summed E-state index contributed by atoms with van der Waals surface area (Å²) >= 11 is 0. The fourth-order valence-corrected chi connectivity index (χ4v) is 5.05. The molecule has 0 spiro atoms. The van der Waals surface area contributed by atoms with Gasteiger partial charge in [0.2, 0.25) is 0 Å². The number of hydrogen-bond donors (Lipinski definition) is 2. The van der Waals surface area contributed by atoms with Gasteiger partial charge in [-0.25, -0.2) is 0 Å². The Morgan fingerprint density at radius 1 is 1.29 bits per heavy atom. The van der Waals surface area contributed by atoms with Crippen molar-refractivity contribution in [3.63, 3.8) is 0 Å². The molecule has 4 nitrogen and oxygen atoms in total. The Bertz CT molecular complexity index is 580. The maximum Gasteiger partial charge on any atom is 0.0723 e. The Labute approximate surface area is 191 Å². The van der Waals surface area contributed by atoms with Gasteiger partial charge in [-0.2, -0.15) is 0 Å². The summed E-state index contributed by atoms with van der Waals surface area (Å²) in [6.07, 6.45) is 13.1. The lowest BCUT2D eigenvalue weighted by molar-refractivity contribution is 0.0820. The number of nitrogens with zero attached hydrogens (tertiary/aromatic N) is 1. The zero-order chi connectivity index (χ0) is 23.0. The normalized spacial score (nSPS) is 28.4. The van der Waals surface area contributed by atoms with Crippen LogP contribution < -0.4 is 0 Å². The van der Waals surface area contributed by atoms with Crippen LogP contribution in [0.2, 0.25) is 0 Å². The number of allylic oxidation sites excluding steroid dienone is 1. The molecule has 6 atom stereocenters. The average Bonchev–Trinajstić information content (AvgIpc) is 3.19. The zero-order valence-electron chi connectivity index (χ0n) is 21.0. The van der Waals surface area contributed by atoms with Crippen molar-refractivity contribution in [2.45, 2.75) is 97.3 Å². The lowest BCUT2D eigenvalue weighted by Crippen LogP contribution is -2.40. The summed E-state index contributed by atoms with van der Waals surface area (Å²) in [5.74, 6) is 1.68. The number of aliphatic hydroxyl groups is 2. The van der Waals surface area contributed by atoms with Crippen molar-refractivity contribution in [3.05, 3.63) is 23.8 Å². The van der Waals surface area contributed by atoms with Gasteiger partial charge in [0.15, 0.2) is 0 Å². The highest BCUT2D eigenvalue weighted by Gasteiger charge is 2.43. The molecule has 2 N–H and O–H groups in total. The van der Waals surface area contributed by atoms with Gasteiger partial charge in [-0.15, -0.1) is 0 Å². The van der Waals surface area contributed by atoms with Crippen LogP contribution in [0.1, 0.15) is 79.6 Å². The molecule has 0 aromatic rings. The van der Waals surface area contributed by atoms with Crippen LogP contribution >= 0.6 is 0 Å². The number of likely N-dealkylation sites (N-methyl/N-ethyl adjacent to an activating group) is 1. The second kappa shape index (κ2) is 12.5. The summed E-state index contributed by atoms with van der Waals surface area (Å²) in [5.41, 5.74) is 1.66. The van der Waals surface area contributed by atoms with E-state index in [0.717, 1.165) is 45.4 Å². The molecular weight excluding hydrogens is 386 g/mol. The topological polar surface area (TPSA) is 52.9 Å². The average molecular weight is 436 g/mol. The second-order valence-corrected chi connectivity index (χ2v) is 11.1. The van der Waals surface area contributed by atoms with Gasteiger partial charge in [0, 0.05) is 18.0 Å². The van der Waals surface area contributed by atoms with Crippen LogP contribution in [0, 0.1) is 23.7 Å². The lowest BCUT2D eigenvalue weighted by atomic mass is 9.88. The first-order valence-electron chi connectivity index (χ1n) is 12.6. The van der Waals surface area contributed by atoms with E-state index >= 15 is 0 Å². The van der Waals surface area contributed by atoms with Crippen molar-refractivity contribution in [2.24, 2.45) is 23.7 Å². The van der Waals surface area contributed by atoms with E-state index in [1.54, 1.807) is 0 Å². The number of hydrogen-bond acceptors (Lipinski definition) is 4. The van der Waals surface area contributed by atoms with E-state index in [2.05, 4.69) is 58.7 Å². The van der Waals surface area contributed by atoms with E-state index in [9.17, 15) is 10.2 Å². The second-order valence-electron chi connectivity index (χ2n) is 11.1. The lowest BCUT2D eigenvalue weighted by Gasteiger charge is -2.31. The largest absolute Gasteiger partial charge is 0.392 e. The molecule has 31 heavy (non-hydrogen) atoms. The number of ether oxygens (including phenoxy) is 1. The predicted molar refractivity (Wildman–Crippen MR) is 130 cm³/mol. The van der Waals surface area contributed by atoms with Gasteiger partial charge in [0.05, 0.1) is 25.4 Å². The first-order valence-corrected chi connectivity index (χ1v) is 12.6. The minimum absolute atomic E-state index is 0.167. The van der Waals surface area contributed by atoms with Crippen molar-refractivity contribution in [2.75, 3.05) is 26.8 Å². The number of unbranched alkanes of at least 4 members (excludes halogenated alkanes) is 1. The van der Waals surface area contributed by atoms with Crippen molar-refractivity contribution in [3.8, 4) is 0 Å². The summed E-state index contributed by atoms with van der Waals surface area (Å²) in [6.45, 7) is 13.6. The van der Waals surface area contributed by atoms with Crippen molar-refractivity contribution < 1.29 is 14.9 Å². The maximum absolute atomic E-state index is 10.6. The molecule has 0 aliphatic heterocycles. The zero-order valence-corrected chi connectivity index (χ0v) is 21.0. The van der Waals surface area contributed by atoms with Crippen LogP contribution in [0.4, 0.5) is 0 Å². The molecular formula is C27H49NO3. The van der Waals surface area contributed by atoms with Gasteiger partial charge in [-0.3, -0.25) is 4.90 Å². The van der Waals surface area contributed by atoms with E-state index in [0.29, 0.717) is 17.8 Å². The SMILES string of the molecule is CCCC[C@H](C)C[C@H](O)/C=C/[C@@H]1[C@H]2CC(CCOCCN(C)C(C)(C)C)=C[C@H]2C[C@H]1O. The molecule has 180 valence electrons. The fraction of sp³-hybridized carbons (Fsp3) is 0.852. The van der Waals surface area contributed by atoms with Gasteiger partial charge >= 0.3 is 0 Å². The standard InChI is InChI=1S/C27H49NO3/c1-7-8-9-20(2)16-23(29)10-11-24-25-18-21(17-22(25)19-26(24)30)12-14-31-15-13-28(6)27(3,4)5/h10-11,17,20,22-26,29-30H,7-9,12-16,18-19H2,1-6H3/b11-10+/t20-,22-,23+,24+,25-,26+/m0/s1. The minimum atomic E-state index is -0.397. The molecule has 1 fully saturated rings. The summed E-state index contributed by atoms with van der Waals surface area (Å²) in [5, 5.41) is 21.0. The van der Waals surface area contributed by atoms with E-state index in [1.807, 2.05) is 6.08 Å². The summed E-state index contributed by atoms with van der Waals surface area (Å²) in [6, 6.07) is 0. The number of rotatable bonds is 13. The van der Waals surface area contributed by atoms with Crippen LogP contribution in [0.25, 0.3) is 0 Å². The van der Waals surface area contributed by atoms with Gasteiger partial charge in [-0.05, 0) is 71.3 Å². The number of aliphatic hydroxyl groups excluding tert-OH is 2. The van der Waals surface area contributed by atoms with Gasteiger partial charge in [0.1, 0.15) is 0 Å². The van der Waals surface area contributed by atoms with Gasteiger partial charge in [-0.1, -0.05) is 56.9 Å². The molecule has 1 saturated carbocycles. The number of fused-ring (bicyclic) bond motifs is 1. The Morgan fingerprint density at radius 3 is 2.71 bits per heavy atom. The highest BCUT2D eigenvalue weighted by molar-refractivity contribution is 5.21. The minimum Gasteiger partial charge on any atom is -0.392 e. The first-order chi connectivity index (χ1) is 14.6. The van der Waals surface area contributed by atoms with Crippen molar-refractivity contribution in [1.29, 1.82) is 0 Å². The quantitative estimate of drug-likeness (QED) is 0.308. The molecule has 2 aliphatic rings. The van der Waals surface area contributed by atoms with Crippen LogP contribution in [-0.4, -0.2) is 59.7 Å². The third-order valence-corrected chi connectivity index (χ3v) is 7.48. The molecule has 0 heterocycles. The molecule has 0 amide bonds. The third-order valence-electron chi connectivity index (χ3n) is 7.48. The predicted octanol–water partition coefficient (Wildman–Crippen LogP) is 5.20. The maximum atomic E-state index is 10.6. The Kier molecular flexibility index (Phi) is 10.7. The smallest absolute Gasteiger partial charge is 0.0723 e. The molecule has 0 saturated heterocycles. The fourth-order valence-electron chi connectivity index (χ4n) is 5.05. The molecule has 4 heteroatoms. The van der Waals surface area contributed by atoms with Crippen LogP contribution in [0.3, 0.4) is 0 Å². The third kappa shape index (κ3) is 8.64. The first kappa shape index (κ1) is 26.6. The molecule has 0 radical (unpaired) electrons. The molecule has 2 aliphatic carbocycles. The van der Waals surface area contributed by atoms with E-state index in [-0.39, 0.29) is 17.6 Å². The highest BCUT2D eigenvalue weighted by atomic mass is 16.5. The Hall–Kier alpha value is -0.680. The van der Waals surface area contributed by atoms with Crippen LogP contribution in [0.15, 0.2) is 23.8 Å². The molecule has 0 aromatic heterocycles. The van der Waals surface area contributed by atoms with Crippen LogP contribution in [0.5, 0.6) is 0 Å². The summed E-state index contributed by atoms with van der Waals surface area (Å²) in [7, 11) is 2.14. The Balaban J connectivity index is 1.72. The highest BCUT2D eigenvalue weighted by Crippen LogP contribution is 2.48. The van der Waals surface area contributed by atoms with Gasteiger partial charge < -0.3 is 14.9 Å². The molecule has 0 bridgehead atoms. The monoisotopic (exact) mass is 435 g/mol. The van der Waals surface area contributed by atoms with E-state index in [1.165, 1.54) is 24.8 Å². The van der Waals surface area contributed by atoms with E-state index < -0.39 is 6.10 Å². The van der Waals surface area contributed by atoms with Crippen molar-refractivity contribution >= 4 is 0 Å². The van der Waals surface area contributed by atoms with Crippen molar-refractivity contribution in [1.82, 2.24) is 4.90 Å². The van der Waals surface area contributed by atoms with Gasteiger partial charge in [0.25, 0.3) is 0 Å². The molecule has 2 rings (SSSR count).